The van der Waals surface area contributed by atoms with Crippen LogP contribution in [-0.4, -0.2) is 43.3 Å². The topological polar surface area (TPSA) is 57.5 Å². The van der Waals surface area contributed by atoms with Crippen molar-refractivity contribution >= 4 is 0 Å². The molecular weight excluding hydrogens is 342 g/mol. The first-order valence-electron chi connectivity index (χ1n) is 9.91. The molecule has 6 nitrogen and oxygen atoms in total. The Labute approximate surface area is 160 Å². The third-order valence-electron chi connectivity index (χ3n) is 5.47. The zero-order valence-corrected chi connectivity index (χ0v) is 16.0. The van der Waals surface area contributed by atoms with Gasteiger partial charge < -0.3 is 19.5 Å². The van der Waals surface area contributed by atoms with E-state index in [1.165, 1.54) is 11.1 Å². The number of methoxy groups -OCH3 is 1. The largest absolute Gasteiger partial charge is 0.497 e. The fourth-order valence-corrected chi connectivity index (χ4v) is 3.86. The predicted octanol–water partition coefficient (Wildman–Crippen LogP) is 2.72. The van der Waals surface area contributed by atoms with Gasteiger partial charge in [-0.1, -0.05) is 12.1 Å². The summed E-state index contributed by atoms with van der Waals surface area (Å²) in [6.45, 7) is 5.10. The van der Waals surface area contributed by atoms with Crippen LogP contribution in [0, 0.1) is 5.92 Å². The van der Waals surface area contributed by atoms with Crippen molar-refractivity contribution in [3.8, 4) is 5.75 Å². The van der Waals surface area contributed by atoms with Crippen molar-refractivity contribution in [1.29, 1.82) is 0 Å². The number of fused-ring (bicyclic) bond motifs is 1. The summed E-state index contributed by atoms with van der Waals surface area (Å²) < 4.78 is 18.8. The predicted molar refractivity (Wildman–Crippen MR) is 103 cm³/mol. The average molecular weight is 371 g/mol. The van der Waals surface area contributed by atoms with E-state index in [1.54, 1.807) is 7.11 Å². The van der Waals surface area contributed by atoms with Crippen LogP contribution in [0.2, 0.25) is 0 Å². The first-order chi connectivity index (χ1) is 13.3. The monoisotopic (exact) mass is 371 g/mol. The van der Waals surface area contributed by atoms with Gasteiger partial charge in [-0.15, -0.1) is 0 Å². The number of hydrogen-bond acceptors (Lipinski definition) is 5. The van der Waals surface area contributed by atoms with E-state index in [4.69, 9.17) is 19.3 Å². The van der Waals surface area contributed by atoms with E-state index in [2.05, 4.69) is 28.3 Å². The SMILES string of the molecule is COc1ccc(CNCC2OCCc3cn(CC4CCOCC4)nc32)cc1. The molecule has 0 spiro atoms. The molecule has 0 saturated carbocycles. The normalized spacial score (nSPS) is 20.4. The van der Waals surface area contributed by atoms with Gasteiger partial charge >= 0.3 is 0 Å². The molecule has 27 heavy (non-hydrogen) atoms. The third kappa shape index (κ3) is 4.69. The molecular formula is C21H29N3O3. The Bertz CT molecular complexity index is 723. The lowest BCUT2D eigenvalue weighted by Gasteiger charge is -2.22. The number of ether oxygens (including phenoxy) is 3. The summed E-state index contributed by atoms with van der Waals surface area (Å²) in [6.07, 6.45) is 5.48. The summed E-state index contributed by atoms with van der Waals surface area (Å²) in [5.41, 5.74) is 3.68. The van der Waals surface area contributed by atoms with Crippen molar-refractivity contribution in [2.24, 2.45) is 5.92 Å². The molecule has 1 aromatic heterocycles. The molecule has 4 rings (SSSR count). The lowest BCUT2D eigenvalue weighted by molar-refractivity contribution is 0.0388. The lowest BCUT2D eigenvalue weighted by atomic mass is 10.0. The first kappa shape index (κ1) is 18.5. The molecule has 2 aliphatic heterocycles. The van der Waals surface area contributed by atoms with Crippen molar-refractivity contribution < 1.29 is 14.2 Å². The lowest BCUT2D eigenvalue weighted by Crippen LogP contribution is -2.27. The molecule has 146 valence electrons. The Morgan fingerprint density at radius 2 is 2.00 bits per heavy atom. The highest BCUT2D eigenvalue weighted by Gasteiger charge is 2.25. The molecule has 1 aromatic carbocycles. The van der Waals surface area contributed by atoms with Crippen LogP contribution in [0.25, 0.3) is 0 Å². The second kappa shape index (κ2) is 8.87. The molecule has 1 atom stereocenters. The third-order valence-corrected chi connectivity index (χ3v) is 5.47. The molecule has 2 aromatic rings. The van der Waals surface area contributed by atoms with Crippen LogP contribution < -0.4 is 10.1 Å². The van der Waals surface area contributed by atoms with Gasteiger partial charge in [0.1, 0.15) is 11.9 Å². The summed E-state index contributed by atoms with van der Waals surface area (Å²) in [4.78, 5) is 0. The van der Waals surface area contributed by atoms with Gasteiger partial charge in [0, 0.05) is 39.0 Å². The summed E-state index contributed by atoms with van der Waals surface area (Å²) in [5, 5.41) is 8.38. The minimum absolute atomic E-state index is 0.0305. The van der Waals surface area contributed by atoms with Crippen molar-refractivity contribution in [2.75, 3.05) is 33.5 Å². The van der Waals surface area contributed by atoms with Crippen LogP contribution in [0.5, 0.6) is 5.75 Å². The Morgan fingerprint density at radius 3 is 2.78 bits per heavy atom. The van der Waals surface area contributed by atoms with E-state index in [-0.39, 0.29) is 6.10 Å². The standard InChI is InChI=1S/C21H29N3O3/c1-25-19-4-2-16(3-5-19)12-22-13-20-21-18(8-11-27-20)15-24(23-21)14-17-6-9-26-10-7-17/h2-5,15,17,20,22H,6-14H2,1H3. The minimum atomic E-state index is 0.0305. The van der Waals surface area contributed by atoms with E-state index >= 15 is 0 Å². The Morgan fingerprint density at radius 1 is 1.19 bits per heavy atom. The molecule has 1 fully saturated rings. The fraction of sp³-hybridized carbons (Fsp3) is 0.571. The molecule has 1 N–H and O–H groups in total. The van der Waals surface area contributed by atoms with Gasteiger partial charge in [0.15, 0.2) is 0 Å². The first-order valence-corrected chi connectivity index (χ1v) is 9.91. The Kier molecular flexibility index (Phi) is 6.07. The van der Waals surface area contributed by atoms with Crippen molar-refractivity contribution in [1.82, 2.24) is 15.1 Å². The maximum atomic E-state index is 6.00. The summed E-state index contributed by atoms with van der Waals surface area (Å²) >= 11 is 0. The highest BCUT2D eigenvalue weighted by atomic mass is 16.5. The highest BCUT2D eigenvalue weighted by molar-refractivity contribution is 5.27. The Hall–Kier alpha value is -1.89. The van der Waals surface area contributed by atoms with Crippen LogP contribution in [0.3, 0.4) is 0 Å². The Balaban J connectivity index is 1.33. The number of hydrogen-bond donors (Lipinski definition) is 1. The van der Waals surface area contributed by atoms with Crippen molar-refractivity contribution in [3.63, 3.8) is 0 Å². The van der Waals surface area contributed by atoms with E-state index in [1.807, 2.05) is 12.1 Å². The van der Waals surface area contributed by atoms with Gasteiger partial charge in [0.25, 0.3) is 0 Å². The molecule has 0 amide bonds. The van der Waals surface area contributed by atoms with E-state index in [0.717, 1.165) is 70.2 Å². The van der Waals surface area contributed by atoms with Gasteiger partial charge in [-0.05, 0) is 48.4 Å². The van der Waals surface area contributed by atoms with Crippen LogP contribution in [0.15, 0.2) is 30.5 Å². The molecule has 0 radical (unpaired) electrons. The number of nitrogens with zero attached hydrogens (tertiary/aromatic N) is 2. The van der Waals surface area contributed by atoms with Crippen LogP contribution in [0.4, 0.5) is 0 Å². The molecule has 0 aliphatic carbocycles. The quantitative estimate of drug-likeness (QED) is 0.811. The maximum Gasteiger partial charge on any atom is 0.118 e. The van der Waals surface area contributed by atoms with Crippen LogP contribution in [0.1, 0.15) is 35.8 Å². The number of benzene rings is 1. The second-order valence-corrected chi connectivity index (χ2v) is 7.41. The highest BCUT2D eigenvalue weighted by Crippen LogP contribution is 2.26. The van der Waals surface area contributed by atoms with Gasteiger partial charge in [-0.25, -0.2) is 0 Å². The van der Waals surface area contributed by atoms with E-state index < -0.39 is 0 Å². The summed E-state index contributed by atoms with van der Waals surface area (Å²) in [5.74, 6) is 1.56. The molecule has 6 heteroatoms. The molecule has 0 bridgehead atoms. The number of rotatable bonds is 7. The molecule has 2 aliphatic rings. The van der Waals surface area contributed by atoms with Crippen LogP contribution in [-0.2, 0) is 29.0 Å². The summed E-state index contributed by atoms with van der Waals surface area (Å²) in [7, 11) is 1.69. The van der Waals surface area contributed by atoms with Gasteiger partial charge in [-0.2, -0.15) is 5.10 Å². The average Bonchev–Trinajstić information content (AvgIpc) is 3.12. The van der Waals surface area contributed by atoms with Crippen molar-refractivity contribution in [2.45, 2.75) is 38.5 Å². The maximum absolute atomic E-state index is 6.00. The minimum Gasteiger partial charge on any atom is -0.497 e. The zero-order chi connectivity index (χ0) is 18.5. The summed E-state index contributed by atoms with van der Waals surface area (Å²) in [6, 6.07) is 8.15. The second-order valence-electron chi connectivity index (χ2n) is 7.41. The zero-order valence-electron chi connectivity index (χ0n) is 16.0. The molecule has 3 heterocycles. The number of aromatic nitrogens is 2. The van der Waals surface area contributed by atoms with Gasteiger partial charge in [-0.3, -0.25) is 4.68 Å². The van der Waals surface area contributed by atoms with Crippen molar-refractivity contribution in [3.05, 3.63) is 47.3 Å². The van der Waals surface area contributed by atoms with E-state index in [0.29, 0.717) is 5.92 Å². The molecule has 1 saturated heterocycles. The smallest absolute Gasteiger partial charge is 0.118 e. The molecule has 1 unspecified atom stereocenters. The number of nitrogens with one attached hydrogen (secondary N) is 1. The van der Waals surface area contributed by atoms with Gasteiger partial charge in [0.05, 0.1) is 19.4 Å². The van der Waals surface area contributed by atoms with Crippen LogP contribution >= 0.6 is 0 Å². The van der Waals surface area contributed by atoms with Gasteiger partial charge in [0.2, 0.25) is 0 Å². The van der Waals surface area contributed by atoms with E-state index in [9.17, 15) is 0 Å². The fourth-order valence-electron chi connectivity index (χ4n) is 3.86.